The molecule has 42 heavy (non-hydrogen) atoms. The predicted octanol–water partition coefficient (Wildman–Crippen LogP) is 7.69. The number of aromatic nitrogens is 1. The number of nitrogens with zero attached hydrogens (tertiary/aromatic N) is 3. The molecule has 228 valence electrons. The predicted molar refractivity (Wildman–Crippen MR) is 163 cm³/mol. The normalized spacial score (nSPS) is 27.0. The van der Waals surface area contributed by atoms with E-state index >= 15 is 4.39 Å². The fraction of sp³-hybridized carbons (Fsp3) is 0.625. The van der Waals surface area contributed by atoms with E-state index < -0.39 is 5.60 Å². The van der Waals surface area contributed by atoms with Crippen molar-refractivity contribution in [2.45, 2.75) is 96.7 Å². The Morgan fingerprint density at radius 2 is 2.07 bits per heavy atom. The van der Waals surface area contributed by atoms with Gasteiger partial charge in [0.15, 0.2) is 12.1 Å². The summed E-state index contributed by atoms with van der Waals surface area (Å²) >= 11 is 8.33. The maximum atomic E-state index is 15.7. The lowest BCUT2D eigenvalue weighted by Crippen LogP contribution is -2.44. The number of carbonyl (C=O) groups excluding carboxylic acids is 1. The van der Waals surface area contributed by atoms with E-state index in [0.29, 0.717) is 30.1 Å². The Morgan fingerprint density at radius 1 is 1.24 bits per heavy atom. The molecular weight excluding hydrogens is 577 g/mol. The van der Waals surface area contributed by atoms with Crippen LogP contribution in [0.4, 0.5) is 9.18 Å². The average molecular weight is 618 g/mol. The second kappa shape index (κ2) is 12.1. The quantitative estimate of drug-likeness (QED) is 0.343. The number of carbonyl (C=O) groups is 1. The lowest BCUT2D eigenvalue weighted by molar-refractivity contribution is -0.168. The van der Waals surface area contributed by atoms with E-state index in [9.17, 15) is 4.79 Å². The van der Waals surface area contributed by atoms with Gasteiger partial charge in [-0.05, 0) is 82.6 Å². The first kappa shape index (κ1) is 29.9. The molecule has 0 N–H and O–H groups in total. The molecule has 10 heteroatoms. The van der Waals surface area contributed by atoms with Crippen molar-refractivity contribution in [3.63, 3.8) is 0 Å². The number of allylic oxidation sites excluding steroid dienone is 4. The number of ether oxygens (including phenoxy) is 3. The zero-order valence-corrected chi connectivity index (χ0v) is 26.5. The van der Waals surface area contributed by atoms with Gasteiger partial charge >= 0.3 is 6.09 Å². The summed E-state index contributed by atoms with van der Waals surface area (Å²) in [6, 6.07) is 2.21. The van der Waals surface area contributed by atoms with E-state index in [1.165, 1.54) is 22.6 Å². The first-order valence-corrected chi connectivity index (χ1v) is 16.4. The maximum absolute atomic E-state index is 15.7. The van der Waals surface area contributed by atoms with Crippen molar-refractivity contribution in [2.24, 2.45) is 5.92 Å². The van der Waals surface area contributed by atoms with Gasteiger partial charge < -0.3 is 24.0 Å². The topological polar surface area (TPSA) is 64.1 Å². The molecule has 4 atom stereocenters. The molecule has 5 heterocycles. The third-order valence-electron chi connectivity index (χ3n) is 8.77. The van der Waals surface area contributed by atoms with Crippen LogP contribution >= 0.6 is 22.9 Å². The molecule has 1 amide bonds. The number of likely N-dealkylation sites (tertiary alicyclic amines) is 1. The molecule has 4 unspecified atom stereocenters. The standard InChI is InChI=1S/C32H41ClFN3O4S/c1-19-23(33)16-20-8-7-13-37(21-11-14-36(17-21)31(38)41-32(2,3)4)29(20)26(19)22-10-12-35-28-27(34)24(42-30(22)28)18-40-25-9-5-6-15-39-25/h10,12,16,19,21,25-26H,5-9,11,13-15,17-18H2,1-4H3. The summed E-state index contributed by atoms with van der Waals surface area (Å²) in [5, 5.41) is 0.822. The SMILES string of the molecule is CC1C(Cl)=CC2=C(C1c1ccnc3c(F)c(COC4CCCCO4)sc13)N(C1CCN(C(=O)OC(C)(C)C)C1)CCC2. The molecule has 7 nitrogen and oxygen atoms in total. The number of rotatable bonds is 5. The number of amides is 1. The number of halogens is 2. The van der Waals surface area contributed by atoms with Gasteiger partial charge in [-0.3, -0.25) is 4.98 Å². The smallest absolute Gasteiger partial charge is 0.410 e. The molecule has 3 aliphatic heterocycles. The van der Waals surface area contributed by atoms with Crippen molar-refractivity contribution in [3.8, 4) is 0 Å². The number of pyridine rings is 1. The zero-order chi connectivity index (χ0) is 29.6. The Kier molecular flexibility index (Phi) is 8.57. The molecule has 2 saturated heterocycles. The van der Waals surface area contributed by atoms with Gasteiger partial charge in [-0.2, -0.15) is 0 Å². The van der Waals surface area contributed by atoms with Crippen LogP contribution in [0.25, 0.3) is 10.2 Å². The first-order chi connectivity index (χ1) is 20.1. The van der Waals surface area contributed by atoms with E-state index in [4.69, 9.17) is 25.8 Å². The second-order valence-corrected chi connectivity index (χ2v) is 14.4. The Bertz CT molecular complexity index is 1400. The van der Waals surface area contributed by atoms with E-state index in [1.54, 1.807) is 6.20 Å². The summed E-state index contributed by atoms with van der Waals surface area (Å²) in [7, 11) is 0. The summed E-state index contributed by atoms with van der Waals surface area (Å²) in [4.78, 5) is 22.2. The molecular formula is C32H41ClFN3O4S. The monoisotopic (exact) mass is 617 g/mol. The number of hydrogen-bond donors (Lipinski definition) is 0. The van der Waals surface area contributed by atoms with Crippen molar-refractivity contribution >= 4 is 39.2 Å². The molecule has 1 aliphatic carbocycles. The first-order valence-electron chi connectivity index (χ1n) is 15.2. The van der Waals surface area contributed by atoms with Gasteiger partial charge in [-0.1, -0.05) is 18.5 Å². The highest BCUT2D eigenvalue weighted by Gasteiger charge is 2.42. The van der Waals surface area contributed by atoms with Gasteiger partial charge in [0, 0.05) is 61.0 Å². The van der Waals surface area contributed by atoms with E-state index in [-0.39, 0.29) is 42.7 Å². The van der Waals surface area contributed by atoms with Gasteiger partial charge in [-0.25, -0.2) is 9.18 Å². The van der Waals surface area contributed by atoms with Crippen LogP contribution in [-0.4, -0.2) is 65.1 Å². The molecule has 2 aromatic rings. The van der Waals surface area contributed by atoms with Gasteiger partial charge in [-0.15, -0.1) is 11.3 Å². The van der Waals surface area contributed by atoms with Crippen LogP contribution in [0.1, 0.15) is 82.6 Å². The minimum atomic E-state index is -0.530. The Morgan fingerprint density at radius 3 is 2.83 bits per heavy atom. The maximum Gasteiger partial charge on any atom is 0.410 e. The zero-order valence-electron chi connectivity index (χ0n) is 25.0. The Labute approximate surface area is 256 Å². The molecule has 2 fully saturated rings. The van der Waals surface area contributed by atoms with Crippen LogP contribution in [0.2, 0.25) is 0 Å². The van der Waals surface area contributed by atoms with Gasteiger partial charge in [0.2, 0.25) is 0 Å². The largest absolute Gasteiger partial charge is 0.444 e. The summed E-state index contributed by atoms with van der Waals surface area (Å²) in [5.41, 5.74) is 3.40. The molecule has 0 radical (unpaired) electrons. The van der Waals surface area contributed by atoms with Crippen molar-refractivity contribution in [3.05, 3.63) is 50.9 Å². The van der Waals surface area contributed by atoms with Crippen LogP contribution in [0, 0.1) is 11.7 Å². The minimum absolute atomic E-state index is 0.0143. The second-order valence-electron chi connectivity index (χ2n) is 12.9. The Hall–Kier alpha value is -2.20. The van der Waals surface area contributed by atoms with Crippen molar-refractivity contribution in [1.29, 1.82) is 0 Å². The number of thiophene rings is 1. The van der Waals surface area contributed by atoms with Crippen LogP contribution in [-0.2, 0) is 20.8 Å². The fourth-order valence-corrected chi connectivity index (χ4v) is 8.12. The summed E-state index contributed by atoms with van der Waals surface area (Å²) in [6.45, 7) is 10.9. The molecule has 0 saturated carbocycles. The van der Waals surface area contributed by atoms with Crippen LogP contribution in [0.3, 0.4) is 0 Å². The Balaban J connectivity index is 1.31. The van der Waals surface area contributed by atoms with E-state index in [0.717, 1.165) is 60.4 Å². The molecule has 6 rings (SSSR count). The van der Waals surface area contributed by atoms with Crippen molar-refractivity contribution in [2.75, 3.05) is 26.2 Å². The molecule has 0 spiro atoms. The van der Waals surface area contributed by atoms with Gasteiger partial charge in [0.1, 0.15) is 11.1 Å². The summed E-state index contributed by atoms with van der Waals surface area (Å²) < 4.78 is 33.9. The minimum Gasteiger partial charge on any atom is -0.444 e. The molecule has 2 aromatic heterocycles. The number of fused-ring (bicyclic) bond motifs is 1. The highest BCUT2D eigenvalue weighted by molar-refractivity contribution is 7.19. The third-order valence-corrected chi connectivity index (χ3v) is 10.4. The van der Waals surface area contributed by atoms with Crippen molar-refractivity contribution in [1.82, 2.24) is 14.8 Å². The molecule has 4 aliphatic rings. The van der Waals surface area contributed by atoms with Crippen LogP contribution < -0.4 is 0 Å². The van der Waals surface area contributed by atoms with E-state index in [1.807, 2.05) is 31.7 Å². The fourth-order valence-electron chi connectivity index (χ4n) is 6.75. The van der Waals surface area contributed by atoms with Crippen LogP contribution in [0.5, 0.6) is 0 Å². The highest BCUT2D eigenvalue weighted by atomic mass is 35.5. The van der Waals surface area contributed by atoms with Crippen molar-refractivity contribution < 1.29 is 23.4 Å². The third kappa shape index (κ3) is 5.94. The van der Waals surface area contributed by atoms with E-state index in [2.05, 4.69) is 22.9 Å². The van der Waals surface area contributed by atoms with Crippen LogP contribution in [0.15, 0.2) is 34.6 Å². The number of hydrogen-bond acceptors (Lipinski definition) is 7. The summed E-state index contributed by atoms with van der Waals surface area (Å²) in [5.74, 6) is -0.343. The lowest BCUT2D eigenvalue weighted by atomic mass is 9.76. The molecule has 0 bridgehead atoms. The summed E-state index contributed by atoms with van der Waals surface area (Å²) in [6.07, 6.45) is 9.09. The highest BCUT2D eigenvalue weighted by Crippen LogP contribution is 2.50. The van der Waals surface area contributed by atoms with Gasteiger partial charge in [0.25, 0.3) is 0 Å². The molecule has 0 aromatic carbocycles. The average Bonchev–Trinajstić information content (AvgIpc) is 3.58. The van der Waals surface area contributed by atoms with Gasteiger partial charge in [0.05, 0.1) is 16.2 Å². The lowest BCUT2D eigenvalue weighted by Gasteiger charge is -2.45.